The average molecular weight is 496 g/mol. The fraction of sp³-hybridized carbons (Fsp3) is 0.321. The number of carbonyl (C=O) groups excluding carboxylic acids is 1. The largest absolute Gasteiger partial charge is 0.493 e. The summed E-state index contributed by atoms with van der Waals surface area (Å²) >= 11 is 6.35. The van der Waals surface area contributed by atoms with Crippen LogP contribution < -0.4 is 18.9 Å². The number of ether oxygens (including phenoxy) is 4. The van der Waals surface area contributed by atoms with Gasteiger partial charge in [-0.05, 0) is 78.4 Å². The van der Waals surface area contributed by atoms with Gasteiger partial charge in [0.15, 0.2) is 23.0 Å². The Morgan fingerprint density at radius 1 is 0.886 bits per heavy atom. The molecule has 0 fully saturated rings. The van der Waals surface area contributed by atoms with E-state index in [1.165, 1.54) is 0 Å². The van der Waals surface area contributed by atoms with Crippen molar-refractivity contribution in [2.24, 2.45) is 0 Å². The molecule has 1 atom stereocenters. The lowest BCUT2D eigenvalue weighted by Crippen LogP contribution is -2.41. The molecule has 6 nitrogen and oxygen atoms in total. The lowest BCUT2D eigenvalue weighted by molar-refractivity contribution is 0.0659. The molecule has 7 heteroatoms. The maximum Gasteiger partial charge on any atom is 0.254 e. The number of hydrogen-bond acceptors (Lipinski definition) is 5. The van der Waals surface area contributed by atoms with Crippen molar-refractivity contribution in [2.75, 3.05) is 35.0 Å². The molecular formula is C28H30ClNO5. The summed E-state index contributed by atoms with van der Waals surface area (Å²) in [6.07, 6.45) is 1.30. The van der Waals surface area contributed by atoms with Crippen LogP contribution in [-0.4, -0.2) is 45.8 Å². The molecular weight excluding hydrogens is 466 g/mol. The fourth-order valence-corrected chi connectivity index (χ4v) is 4.79. The fourth-order valence-electron chi connectivity index (χ4n) is 4.61. The molecule has 0 spiro atoms. The monoisotopic (exact) mass is 495 g/mol. The third-order valence-corrected chi connectivity index (χ3v) is 6.97. The zero-order valence-electron chi connectivity index (χ0n) is 20.7. The van der Waals surface area contributed by atoms with Crippen LogP contribution >= 0.6 is 11.6 Å². The van der Waals surface area contributed by atoms with E-state index >= 15 is 0 Å². The molecule has 4 rings (SSSR count). The maximum atomic E-state index is 13.7. The lowest BCUT2D eigenvalue weighted by Gasteiger charge is -2.38. The van der Waals surface area contributed by atoms with E-state index in [2.05, 4.69) is 0 Å². The van der Waals surface area contributed by atoms with Crippen LogP contribution in [-0.2, 0) is 12.8 Å². The molecule has 0 bridgehead atoms. The maximum absolute atomic E-state index is 13.7. The van der Waals surface area contributed by atoms with Gasteiger partial charge in [-0.15, -0.1) is 0 Å². The predicted molar refractivity (Wildman–Crippen MR) is 136 cm³/mol. The van der Waals surface area contributed by atoms with E-state index in [9.17, 15) is 4.79 Å². The number of aryl methyl sites for hydroxylation is 1. The van der Waals surface area contributed by atoms with Crippen LogP contribution in [0, 0.1) is 6.92 Å². The Morgan fingerprint density at radius 3 is 2.20 bits per heavy atom. The molecule has 3 aromatic carbocycles. The average Bonchev–Trinajstić information content (AvgIpc) is 2.89. The predicted octanol–water partition coefficient (Wildman–Crippen LogP) is 5.67. The van der Waals surface area contributed by atoms with Crippen molar-refractivity contribution in [3.63, 3.8) is 0 Å². The van der Waals surface area contributed by atoms with Gasteiger partial charge in [0.05, 0.1) is 34.5 Å². The molecule has 0 saturated carbocycles. The minimum atomic E-state index is -0.218. The van der Waals surface area contributed by atoms with Gasteiger partial charge in [0.2, 0.25) is 0 Å². The van der Waals surface area contributed by atoms with Gasteiger partial charge in [0, 0.05) is 17.1 Å². The molecule has 1 heterocycles. The summed E-state index contributed by atoms with van der Waals surface area (Å²) in [5.74, 6) is 2.57. The van der Waals surface area contributed by atoms with E-state index in [1.54, 1.807) is 34.5 Å². The molecule has 3 aromatic rings. The van der Waals surface area contributed by atoms with Crippen molar-refractivity contribution in [1.82, 2.24) is 4.90 Å². The Labute approximate surface area is 211 Å². The number of nitrogens with zero attached hydrogens (tertiary/aromatic N) is 1. The molecule has 1 aliphatic rings. The molecule has 1 aliphatic heterocycles. The van der Waals surface area contributed by atoms with Gasteiger partial charge in [0.25, 0.3) is 5.91 Å². The Bertz CT molecular complexity index is 1240. The highest BCUT2D eigenvalue weighted by molar-refractivity contribution is 6.31. The van der Waals surface area contributed by atoms with Crippen LogP contribution in [0.3, 0.4) is 0 Å². The van der Waals surface area contributed by atoms with E-state index in [1.807, 2.05) is 54.3 Å². The smallest absolute Gasteiger partial charge is 0.254 e. The van der Waals surface area contributed by atoms with Crippen molar-refractivity contribution in [2.45, 2.75) is 25.8 Å². The van der Waals surface area contributed by atoms with Gasteiger partial charge in [-0.3, -0.25) is 4.79 Å². The number of methoxy groups -OCH3 is 4. The number of fused-ring (bicyclic) bond motifs is 1. The van der Waals surface area contributed by atoms with Crippen LogP contribution in [0.4, 0.5) is 0 Å². The van der Waals surface area contributed by atoms with Gasteiger partial charge in [-0.25, -0.2) is 0 Å². The number of carbonyl (C=O) groups is 1. The van der Waals surface area contributed by atoms with Gasteiger partial charge < -0.3 is 23.8 Å². The van der Waals surface area contributed by atoms with Crippen LogP contribution in [0.15, 0.2) is 48.5 Å². The van der Waals surface area contributed by atoms with Gasteiger partial charge in [-0.2, -0.15) is 0 Å². The summed E-state index contributed by atoms with van der Waals surface area (Å²) in [6, 6.07) is 15.1. The number of hydrogen-bond donors (Lipinski definition) is 0. The third-order valence-electron chi connectivity index (χ3n) is 6.56. The molecule has 1 amide bonds. The third kappa shape index (κ3) is 4.89. The lowest BCUT2D eigenvalue weighted by atomic mass is 9.87. The quantitative estimate of drug-likeness (QED) is 0.423. The molecule has 0 aliphatic carbocycles. The highest BCUT2D eigenvalue weighted by atomic mass is 35.5. The summed E-state index contributed by atoms with van der Waals surface area (Å²) in [5.41, 5.74) is 4.71. The van der Waals surface area contributed by atoms with E-state index in [4.69, 9.17) is 30.5 Å². The van der Waals surface area contributed by atoms with Crippen molar-refractivity contribution in [3.05, 3.63) is 81.4 Å². The summed E-state index contributed by atoms with van der Waals surface area (Å²) in [7, 11) is 6.48. The zero-order valence-corrected chi connectivity index (χ0v) is 21.4. The van der Waals surface area contributed by atoms with E-state index < -0.39 is 0 Å². The Hall–Kier alpha value is -3.38. The van der Waals surface area contributed by atoms with Crippen LogP contribution in [0.5, 0.6) is 23.0 Å². The van der Waals surface area contributed by atoms with Crippen molar-refractivity contribution in [1.29, 1.82) is 0 Å². The first-order valence-corrected chi connectivity index (χ1v) is 11.8. The molecule has 184 valence electrons. The number of benzene rings is 3. The van der Waals surface area contributed by atoms with Crippen LogP contribution in [0.2, 0.25) is 5.02 Å². The molecule has 35 heavy (non-hydrogen) atoms. The van der Waals surface area contributed by atoms with Gasteiger partial charge in [0.1, 0.15) is 0 Å². The minimum absolute atomic E-state index is 0.0576. The molecule has 0 saturated heterocycles. The standard InChI is InChI=1S/C28H30ClNO5/c1-17-6-8-20(14-22(17)29)28(31)30-11-10-19-15-26(34-4)27(35-5)16-21(19)23(30)12-18-7-9-24(32-2)25(13-18)33-3/h6-9,13-16,23H,10-12H2,1-5H3. The van der Waals surface area contributed by atoms with Crippen molar-refractivity contribution in [3.8, 4) is 23.0 Å². The molecule has 0 N–H and O–H groups in total. The first kappa shape index (κ1) is 24.7. The summed E-state index contributed by atoms with van der Waals surface area (Å²) in [6.45, 7) is 2.50. The molecule has 0 aromatic heterocycles. The molecule has 0 radical (unpaired) electrons. The second kappa shape index (κ2) is 10.5. The minimum Gasteiger partial charge on any atom is -0.493 e. The summed E-state index contributed by atoms with van der Waals surface area (Å²) < 4.78 is 22.0. The summed E-state index contributed by atoms with van der Waals surface area (Å²) in [5, 5.41) is 0.580. The van der Waals surface area contributed by atoms with E-state index in [0.29, 0.717) is 53.0 Å². The molecule has 1 unspecified atom stereocenters. The van der Waals surface area contributed by atoms with E-state index in [-0.39, 0.29) is 11.9 Å². The van der Waals surface area contributed by atoms with Gasteiger partial charge in [-0.1, -0.05) is 23.7 Å². The summed E-state index contributed by atoms with van der Waals surface area (Å²) in [4.78, 5) is 15.7. The zero-order chi connectivity index (χ0) is 25.1. The normalized spacial score (nSPS) is 14.8. The second-order valence-corrected chi connectivity index (χ2v) is 8.93. The van der Waals surface area contributed by atoms with Crippen molar-refractivity contribution < 1.29 is 23.7 Å². The van der Waals surface area contributed by atoms with Crippen LogP contribution in [0.1, 0.15) is 38.7 Å². The van der Waals surface area contributed by atoms with Crippen LogP contribution in [0.25, 0.3) is 0 Å². The second-order valence-electron chi connectivity index (χ2n) is 8.53. The number of halogens is 1. The Balaban J connectivity index is 1.79. The first-order chi connectivity index (χ1) is 16.9. The van der Waals surface area contributed by atoms with Gasteiger partial charge >= 0.3 is 0 Å². The SMILES string of the molecule is COc1ccc(CC2c3cc(OC)c(OC)cc3CCN2C(=O)c2ccc(C)c(Cl)c2)cc1OC. The van der Waals surface area contributed by atoms with E-state index in [0.717, 1.165) is 22.3 Å². The topological polar surface area (TPSA) is 57.2 Å². The van der Waals surface area contributed by atoms with Crippen molar-refractivity contribution >= 4 is 17.5 Å². The first-order valence-electron chi connectivity index (χ1n) is 11.4. The Morgan fingerprint density at radius 2 is 1.54 bits per heavy atom. The highest BCUT2D eigenvalue weighted by Gasteiger charge is 2.33. The number of rotatable bonds is 7. The Kier molecular flexibility index (Phi) is 7.41. The number of amides is 1. The highest BCUT2D eigenvalue weighted by Crippen LogP contribution is 2.41.